The zero-order valence-electron chi connectivity index (χ0n) is 7.62. The van der Waals surface area contributed by atoms with Gasteiger partial charge in [-0.1, -0.05) is 17.7 Å². The zero-order valence-corrected chi connectivity index (χ0v) is 11.3. The van der Waals surface area contributed by atoms with E-state index in [-0.39, 0.29) is 0 Å². The maximum atomic E-state index is 5.94. The summed E-state index contributed by atoms with van der Waals surface area (Å²) in [5.74, 6) is 0.447. The molecule has 5 heteroatoms. The van der Waals surface area contributed by atoms with Crippen LogP contribution in [-0.4, -0.2) is 9.78 Å². The van der Waals surface area contributed by atoms with Gasteiger partial charge in [-0.25, -0.2) is 4.68 Å². The third kappa shape index (κ3) is 2.46. The van der Waals surface area contributed by atoms with E-state index in [1.165, 1.54) is 0 Å². The summed E-state index contributed by atoms with van der Waals surface area (Å²) in [5, 5.41) is 4.91. The molecule has 0 aliphatic rings. The molecule has 2 aromatic rings. The SMILES string of the molecule is ClCc1ccc(Cl)cc1-n1cc(I)cn1. The molecule has 0 bridgehead atoms. The van der Waals surface area contributed by atoms with Crippen molar-refractivity contribution in [3.05, 3.63) is 44.7 Å². The molecule has 0 fully saturated rings. The molecule has 1 heterocycles. The molecule has 0 radical (unpaired) electrons. The fourth-order valence-corrected chi connectivity index (χ4v) is 2.08. The van der Waals surface area contributed by atoms with Crippen LogP contribution in [0.25, 0.3) is 5.69 Å². The maximum Gasteiger partial charge on any atom is 0.0704 e. The van der Waals surface area contributed by atoms with E-state index in [9.17, 15) is 0 Å². The topological polar surface area (TPSA) is 17.8 Å². The van der Waals surface area contributed by atoms with Gasteiger partial charge in [-0.2, -0.15) is 5.10 Å². The second-order valence-corrected chi connectivity index (χ2v) is 4.96. The van der Waals surface area contributed by atoms with Gasteiger partial charge in [0.05, 0.1) is 15.5 Å². The van der Waals surface area contributed by atoms with Gasteiger partial charge in [-0.15, -0.1) is 11.6 Å². The van der Waals surface area contributed by atoms with Crippen LogP contribution in [-0.2, 0) is 5.88 Å². The third-order valence-electron chi connectivity index (χ3n) is 1.99. The number of aromatic nitrogens is 2. The minimum Gasteiger partial charge on any atom is -0.240 e. The molecule has 0 saturated carbocycles. The van der Waals surface area contributed by atoms with Crippen molar-refractivity contribution in [2.75, 3.05) is 0 Å². The highest BCUT2D eigenvalue weighted by atomic mass is 127. The van der Waals surface area contributed by atoms with Crippen LogP contribution in [0.4, 0.5) is 0 Å². The monoisotopic (exact) mass is 352 g/mol. The Bertz CT molecular complexity index is 482. The van der Waals surface area contributed by atoms with E-state index in [4.69, 9.17) is 23.2 Å². The minimum atomic E-state index is 0.447. The Morgan fingerprint density at radius 2 is 2.20 bits per heavy atom. The summed E-state index contributed by atoms with van der Waals surface area (Å²) in [7, 11) is 0. The molecule has 1 aromatic heterocycles. The highest BCUT2D eigenvalue weighted by molar-refractivity contribution is 14.1. The van der Waals surface area contributed by atoms with Crippen molar-refractivity contribution in [1.29, 1.82) is 0 Å². The molecular weight excluding hydrogens is 346 g/mol. The highest BCUT2D eigenvalue weighted by Gasteiger charge is 2.06. The maximum absolute atomic E-state index is 5.94. The molecule has 0 atom stereocenters. The van der Waals surface area contributed by atoms with E-state index in [0.29, 0.717) is 10.9 Å². The van der Waals surface area contributed by atoms with Gasteiger partial charge in [0.2, 0.25) is 0 Å². The number of rotatable bonds is 2. The summed E-state index contributed by atoms with van der Waals surface area (Å²) in [6.45, 7) is 0. The number of hydrogen-bond donors (Lipinski definition) is 0. The smallest absolute Gasteiger partial charge is 0.0704 e. The van der Waals surface area contributed by atoms with E-state index in [2.05, 4.69) is 27.7 Å². The summed E-state index contributed by atoms with van der Waals surface area (Å²) in [4.78, 5) is 0. The Morgan fingerprint density at radius 1 is 1.40 bits per heavy atom. The van der Waals surface area contributed by atoms with Crippen molar-refractivity contribution in [3.63, 3.8) is 0 Å². The fraction of sp³-hybridized carbons (Fsp3) is 0.100. The average molecular weight is 353 g/mol. The van der Waals surface area contributed by atoms with Crippen molar-refractivity contribution in [2.45, 2.75) is 5.88 Å². The van der Waals surface area contributed by atoms with Crippen LogP contribution in [0.2, 0.25) is 5.02 Å². The molecule has 0 N–H and O–H groups in total. The van der Waals surface area contributed by atoms with E-state index in [0.717, 1.165) is 14.8 Å². The zero-order chi connectivity index (χ0) is 10.8. The molecule has 15 heavy (non-hydrogen) atoms. The largest absolute Gasteiger partial charge is 0.240 e. The second kappa shape index (κ2) is 4.72. The Labute approximate surface area is 111 Å². The lowest BCUT2D eigenvalue weighted by Gasteiger charge is -2.07. The quantitative estimate of drug-likeness (QED) is 0.592. The van der Waals surface area contributed by atoms with Gasteiger partial charge in [-0.3, -0.25) is 0 Å². The van der Waals surface area contributed by atoms with Gasteiger partial charge in [0.25, 0.3) is 0 Å². The van der Waals surface area contributed by atoms with E-state index >= 15 is 0 Å². The predicted octanol–water partition coefficient (Wildman–Crippen LogP) is 3.87. The average Bonchev–Trinajstić information content (AvgIpc) is 2.65. The molecule has 0 amide bonds. The summed E-state index contributed by atoms with van der Waals surface area (Å²) < 4.78 is 2.86. The van der Waals surface area contributed by atoms with E-state index < -0.39 is 0 Å². The molecule has 0 unspecified atom stereocenters. The molecule has 0 saturated heterocycles. The van der Waals surface area contributed by atoms with Gasteiger partial charge in [0.15, 0.2) is 0 Å². The number of halogens is 3. The highest BCUT2D eigenvalue weighted by Crippen LogP contribution is 2.21. The van der Waals surface area contributed by atoms with Crippen molar-refractivity contribution >= 4 is 45.8 Å². The van der Waals surface area contributed by atoms with Crippen LogP contribution in [0.1, 0.15) is 5.56 Å². The van der Waals surface area contributed by atoms with Gasteiger partial charge >= 0.3 is 0 Å². The second-order valence-electron chi connectivity index (χ2n) is 3.01. The van der Waals surface area contributed by atoms with Crippen LogP contribution >= 0.6 is 45.8 Å². The molecule has 1 aromatic carbocycles. The number of benzene rings is 1. The molecule has 0 spiro atoms. The van der Waals surface area contributed by atoms with Crippen LogP contribution in [0.15, 0.2) is 30.6 Å². The lowest BCUT2D eigenvalue weighted by molar-refractivity contribution is 0.871. The number of hydrogen-bond acceptors (Lipinski definition) is 1. The fourth-order valence-electron chi connectivity index (χ4n) is 1.30. The lowest BCUT2D eigenvalue weighted by atomic mass is 10.2. The van der Waals surface area contributed by atoms with Gasteiger partial charge < -0.3 is 0 Å². The van der Waals surface area contributed by atoms with Crippen LogP contribution < -0.4 is 0 Å². The third-order valence-corrected chi connectivity index (χ3v) is 3.07. The first-order chi connectivity index (χ1) is 7.20. The summed E-state index contributed by atoms with van der Waals surface area (Å²) in [6, 6.07) is 5.61. The summed E-state index contributed by atoms with van der Waals surface area (Å²) >= 11 is 14.0. The standard InChI is InChI=1S/C10H7Cl2IN2/c11-4-7-1-2-8(12)3-10(7)15-6-9(13)5-14-15/h1-3,5-6H,4H2. The van der Waals surface area contributed by atoms with E-state index in [1.807, 2.05) is 24.4 Å². The number of nitrogens with zero attached hydrogens (tertiary/aromatic N) is 2. The Balaban J connectivity index is 2.55. The summed E-state index contributed by atoms with van der Waals surface area (Å²) in [6.07, 6.45) is 3.72. The van der Waals surface area contributed by atoms with Gasteiger partial charge in [0, 0.05) is 17.1 Å². The molecule has 2 nitrogen and oxygen atoms in total. The van der Waals surface area contributed by atoms with Gasteiger partial charge in [-0.05, 0) is 40.3 Å². The molecule has 2 rings (SSSR count). The lowest BCUT2D eigenvalue weighted by Crippen LogP contribution is -1.98. The van der Waals surface area contributed by atoms with Crippen molar-refractivity contribution < 1.29 is 0 Å². The minimum absolute atomic E-state index is 0.447. The van der Waals surface area contributed by atoms with Crippen molar-refractivity contribution in [3.8, 4) is 5.69 Å². The van der Waals surface area contributed by atoms with Crippen LogP contribution in [0.3, 0.4) is 0 Å². The van der Waals surface area contributed by atoms with E-state index in [1.54, 1.807) is 10.9 Å². The van der Waals surface area contributed by atoms with Crippen molar-refractivity contribution in [2.24, 2.45) is 0 Å². The Morgan fingerprint density at radius 3 is 2.80 bits per heavy atom. The van der Waals surface area contributed by atoms with Crippen LogP contribution in [0.5, 0.6) is 0 Å². The van der Waals surface area contributed by atoms with Crippen molar-refractivity contribution in [1.82, 2.24) is 9.78 Å². The molecule has 78 valence electrons. The number of alkyl halides is 1. The first-order valence-corrected chi connectivity index (χ1v) is 6.25. The molecule has 0 aliphatic carbocycles. The normalized spacial score (nSPS) is 10.6. The predicted molar refractivity (Wildman–Crippen MR) is 70.8 cm³/mol. The molecule has 0 aliphatic heterocycles. The Kier molecular flexibility index (Phi) is 3.53. The first kappa shape index (κ1) is 11.2. The van der Waals surface area contributed by atoms with Gasteiger partial charge in [0.1, 0.15) is 0 Å². The van der Waals surface area contributed by atoms with Crippen LogP contribution in [0, 0.1) is 3.57 Å². The Hall–Kier alpha value is -0.260. The first-order valence-electron chi connectivity index (χ1n) is 4.25. The summed E-state index contributed by atoms with van der Waals surface area (Å²) in [5.41, 5.74) is 1.95. The molecular formula is C10H7Cl2IN2.